The van der Waals surface area contributed by atoms with Crippen LogP contribution in [-0.4, -0.2) is 83.4 Å². The number of guanidine groups is 1. The van der Waals surface area contributed by atoms with Crippen molar-refractivity contribution >= 4 is 47.3 Å². The SMILES string of the molecule is CCC(C)C(NC(=O)C(CCSC)NC(=O)C(N)CCCN=C(N)N)C(=O)NC(CCC(N)=O)C(=O)O. The number of aliphatic carboxylic acids is 1. The minimum absolute atomic E-state index is 0.0609. The Balaban J connectivity index is 5.43. The molecule has 0 saturated heterocycles. The summed E-state index contributed by atoms with van der Waals surface area (Å²) in [5.74, 6) is -3.75. The molecule has 0 bridgehead atoms. The van der Waals surface area contributed by atoms with Gasteiger partial charge in [0.1, 0.15) is 18.1 Å². The average molecular weight is 547 g/mol. The van der Waals surface area contributed by atoms with Gasteiger partial charge in [-0.05, 0) is 43.6 Å². The average Bonchev–Trinajstić information content (AvgIpc) is 2.83. The van der Waals surface area contributed by atoms with Crippen molar-refractivity contribution in [1.82, 2.24) is 16.0 Å². The van der Waals surface area contributed by atoms with Crippen LogP contribution in [0.25, 0.3) is 0 Å². The van der Waals surface area contributed by atoms with Crippen molar-refractivity contribution in [2.45, 2.75) is 76.5 Å². The zero-order valence-corrected chi connectivity index (χ0v) is 22.5. The van der Waals surface area contributed by atoms with Gasteiger partial charge in [-0.25, -0.2) is 4.79 Å². The van der Waals surface area contributed by atoms with Gasteiger partial charge in [0.25, 0.3) is 0 Å². The van der Waals surface area contributed by atoms with E-state index in [2.05, 4.69) is 20.9 Å². The van der Waals surface area contributed by atoms with Crippen LogP contribution in [-0.2, 0) is 24.0 Å². The number of primary amides is 1. The maximum Gasteiger partial charge on any atom is 0.326 e. The third kappa shape index (κ3) is 14.3. The Bertz CT molecular complexity index is 808. The Labute approximate surface area is 221 Å². The summed E-state index contributed by atoms with van der Waals surface area (Å²) in [6, 6.07) is -4.29. The van der Waals surface area contributed by atoms with Crippen molar-refractivity contribution in [3.8, 4) is 0 Å². The molecule has 0 aliphatic carbocycles. The number of nitrogens with one attached hydrogen (secondary N) is 3. The largest absolute Gasteiger partial charge is 0.480 e. The number of carbonyl (C=O) groups excluding carboxylic acids is 4. The lowest BCUT2D eigenvalue weighted by molar-refractivity contribution is -0.143. The van der Waals surface area contributed by atoms with Crippen LogP contribution in [0.2, 0.25) is 0 Å². The first-order valence-electron chi connectivity index (χ1n) is 12.1. The second kappa shape index (κ2) is 18.2. The Kier molecular flexibility index (Phi) is 16.7. The highest BCUT2D eigenvalue weighted by Crippen LogP contribution is 2.11. The summed E-state index contributed by atoms with van der Waals surface area (Å²) in [4.78, 5) is 65.1. The molecule has 5 atom stereocenters. The van der Waals surface area contributed by atoms with Gasteiger partial charge in [0.15, 0.2) is 5.96 Å². The normalized spacial score (nSPS) is 14.8. The number of rotatable bonds is 19. The van der Waals surface area contributed by atoms with Crippen LogP contribution in [0, 0.1) is 5.92 Å². The number of hydrogen-bond acceptors (Lipinski definition) is 8. The van der Waals surface area contributed by atoms with E-state index >= 15 is 0 Å². The van der Waals surface area contributed by atoms with E-state index in [4.69, 9.17) is 22.9 Å². The summed E-state index contributed by atoms with van der Waals surface area (Å²) >= 11 is 1.47. The number of nitrogens with zero attached hydrogens (tertiary/aromatic N) is 1. The molecular weight excluding hydrogens is 504 g/mol. The summed E-state index contributed by atoms with van der Waals surface area (Å²) < 4.78 is 0. The van der Waals surface area contributed by atoms with E-state index in [0.29, 0.717) is 31.6 Å². The van der Waals surface area contributed by atoms with Crippen molar-refractivity contribution in [1.29, 1.82) is 0 Å². The fourth-order valence-corrected chi connectivity index (χ4v) is 3.67. The van der Waals surface area contributed by atoms with Crippen LogP contribution >= 0.6 is 11.8 Å². The zero-order valence-electron chi connectivity index (χ0n) is 21.7. The molecule has 0 aromatic rings. The number of amides is 4. The highest BCUT2D eigenvalue weighted by molar-refractivity contribution is 7.98. The molecule has 0 radical (unpaired) electrons. The maximum atomic E-state index is 13.1. The number of carboxylic acids is 1. The van der Waals surface area contributed by atoms with E-state index in [9.17, 15) is 29.1 Å². The molecule has 0 aromatic heterocycles. The molecule has 0 aromatic carbocycles. The van der Waals surface area contributed by atoms with Crippen LogP contribution in [0.4, 0.5) is 0 Å². The van der Waals surface area contributed by atoms with Crippen molar-refractivity contribution < 1.29 is 29.1 Å². The molecule has 4 amide bonds. The van der Waals surface area contributed by atoms with E-state index in [1.165, 1.54) is 11.8 Å². The zero-order chi connectivity index (χ0) is 28.5. The molecule has 37 heavy (non-hydrogen) atoms. The lowest BCUT2D eigenvalue weighted by Gasteiger charge is -2.28. The van der Waals surface area contributed by atoms with Crippen molar-refractivity contribution in [2.75, 3.05) is 18.6 Å². The molecule has 0 rings (SSSR count). The van der Waals surface area contributed by atoms with Gasteiger partial charge < -0.3 is 44.0 Å². The number of thioether (sulfide) groups is 1. The van der Waals surface area contributed by atoms with Gasteiger partial charge in [-0.3, -0.25) is 24.2 Å². The van der Waals surface area contributed by atoms with Crippen molar-refractivity contribution in [3.05, 3.63) is 0 Å². The van der Waals surface area contributed by atoms with Crippen LogP contribution in [0.15, 0.2) is 4.99 Å². The van der Waals surface area contributed by atoms with Crippen LogP contribution in [0.5, 0.6) is 0 Å². The van der Waals surface area contributed by atoms with Gasteiger partial charge in [-0.2, -0.15) is 11.8 Å². The predicted molar refractivity (Wildman–Crippen MR) is 142 cm³/mol. The molecule has 0 fully saturated rings. The molecule has 0 aliphatic heterocycles. The molecule has 212 valence electrons. The summed E-state index contributed by atoms with van der Waals surface area (Å²) in [5.41, 5.74) is 21.6. The fraction of sp³-hybridized carbons (Fsp3) is 0.727. The first-order valence-corrected chi connectivity index (χ1v) is 13.4. The summed E-state index contributed by atoms with van der Waals surface area (Å²) in [6.45, 7) is 3.85. The van der Waals surface area contributed by atoms with Crippen molar-refractivity contribution in [2.24, 2.45) is 33.8 Å². The van der Waals surface area contributed by atoms with Crippen LogP contribution < -0.4 is 38.9 Å². The van der Waals surface area contributed by atoms with Gasteiger partial charge >= 0.3 is 5.97 Å². The Morgan fingerprint density at radius 1 is 0.919 bits per heavy atom. The number of carbonyl (C=O) groups is 5. The first-order chi connectivity index (χ1) is 17.3. The molecule has 5 unspecified atom stereocenters. The third-order valence-corrected chi connectivity index (χ3v) is 6.28. The number of carboxylic acid groups (broad SMARTS) is 1. The minimum Gasteiger partial charge on any atom is -0.480 e. The standard InChI is InChI=1S/C22H42N8O6S/c1-4-12(2)17(20(34)29-15(21(35)36)7-8-16(24)31)30-19(33)14(9-11-37-3)28-18(32)13(23)6-5-10-27-22(25)26/h12-15,17H,4-11,23H2,1-3H3,(H2,24,31)(H,28,32)(H,29,34)(H,30,33)(H,35,36)(H4,25,26,27). The highest BCUT2D eigenvalue weighted by Gasteiger charge is 2.32. The Hall–Kier alpha value is -3.07. The lowest BCUT2D eigenvalue weighted by atomic mass is 9.97. The first kappa shape index (κ1) is 33.9. The van der Waals surface area contributed by atoms with Gasteiger partial charge in [-0.15, -0.1) is 0 Å². The second-order valence-corrected chi connectivity index (χ2v) is 9.66. The summed E-state index contributed by atoms with van der Waals surface area (Å²) in [7, 11) is 0. The summed E-state index contributed by atoms with van der Waals surface area (Å²) in [5, 5.41) is 17.1. The second-order valence-electron chi connectivity index (χ2n) is 8.67. The van der Waals surface area contributed by atoms with E-state index in [1.54, 1.807) is 6.92 Å². The Morgan fingerprint density at radius 2 is 1.54 bits per heavy atom. The molecule has 12 N–H and O–H groups in total. The van der Waals surface area contributed by atoms with Crippen molar-refractivity contribution in [3.63, 3.8) is 0 Å². The van der Waals surface area contributed by atoms with E-state index in [0.717, 1.165) is 0 Å². The topological polar surface area (TPSA) is 258 Å². The molecule has 15 heteroatoms. The molecule has 0 saturated carbocycles. The number of hydrogen-bond donors (Lipinski definition) is 8. The third-order valence-electron chi connectivity index (χ3n) is 5.64. The van der Waals surface area contributed by atoms with Gasteiger partial charge in [0.2, 0.25) is 23.6 Å². The van der Waals surface area contributed by atoms with E-state index in [-0.39, 0.29) is 31.1 Å². The molecule has 14 nitrogen and oxygen atoms in total. The van der Waals surface area contributed by atoms with Crippen LogP contribution in [0.1, 0.15) is 52.4 Å². The smallest absolute Gasteiger partial charge is 0.326 e. The van der Waals surface area contributed by atoms with E-state index in [1.807, 2.05) is 13.2 Å². The van der Waals surface area contributed by atoms with Gasteiger partial charge in [0, 0.05) is 13.0 Å². The van der Waals surface area contributed by atoms with Gasteiger partial charge in [0.05, 0.1) is 6.04 Å². The molecular formula is C22H42N8O6S. The predicted octanol–water partition coefficient (Wildman–Crippen LogP) is -2.03. The fourth-order valence-electron chi connectivity index (χ4n) is 3.19. The molecule has 0 heterocycles. The van der Waals surface area contributed by atoms with E-state index < -0.39 is 53.8 Å². The van der Waals surface area contributed by atoms with Gasteiger partial charge in [-0.1, -0.05) is 20.3 Å². The molecule has 0 spiro atoms. The van der Waals surface area contributed by atoms with Crippen LogP contribution in [0.3, 0.4) is 0 Å². The quantitative estimate of drug-likeness (QED) is 0.0500. The minimum atomic E-state index is -1.35. The lowest BCUT2D eigenvalue weighted by Crippen LogP contribution is -2.58. The monoisotopic (exact) mass is 546 g/mol. The summed E-state index contributed by atoms with van der Waals surface area (Å²) in [6.07, 6.45) is 2.96. The number of nitrogens with two attached hydrogens (primary N) is 4. The Morgan fingerprint density at radius 3 is 2.05 bits per heavy atom. The number of aliphatic imine (C=N–C) groups is 1. The highest BCUT2D eigenvalue weighted by atomic mass is 32.2. The molecule has 0 aliphatic rings. The maximum absolute atomic E-state index is 13.1.